The van der Waals surface area contributed by atoms with Crippen molar-refractivity contribution in [1.82, 2.24) is 5.32 Å². The van der Waals surface area contributed by atoms with Crippen molar-refractivity contribution in [2.75, 3.05) is 0 Å². The Kier molecular flexibility index (Phi) is 8.05. The van der Waals surface area contributed by atoms with Crippen LogP contribution in [0, 0.1) is 0 Å². The van der Waals surface area contributed by atoms with Gasteiger partial charge < -0.3 is 5.32 Å². The normalized spacial score (nSPS) is 12.2. The van der Waals surface area contributed by atoms with Gasteiger partial charge in [-0.2, -0.15) is 0 Å². The largest absolute Gasteiger partial charge is 0.348 e. The van der Waals surface area contributed by atoms with E-state index in [1.807, 2.05) is 84.9 Å². The molecule has 1 unspecified atom stereocenters. The number of hydrogen-bond donors (Lipinski definition) is 1. The molecule has 1 amide bonds. The number of benzene rings is 4. The molecule has 0 aliphatic rings. The van der Waals surface area contributed by atoms with Crippen molar-refractivity contribution in [3.8, 4) is 0 Å². The van der Waals surface area contributed by atoms with Crippen LogP contribution in [0.3, 0.4) is 0 Å². The van der Waals surface area contributed by atoms with E-state index in [0.717, 1.165) is 22.3 Å². The lowest BCUT2D eigenvalue weighted by Crippen LogP contribution is -2.24. The standard InChI is InChI=1S/C32H32ClNO/c1-3-10-24(2)26-17-15-25(16-18-26)23-34-31(35)27-19-21-30(22-20-27)32(33,28-11-6-4-7-12-28)29-13-8-5-9-14-29/h4-9,11-22,24H,3,10,23H2,1-2H3,(H,34,35). The molecule has 0 radical (unpaired) electrons. The van der Waals surface area contributed by atoms with Crippen LogP contribution >= 0.6 is 11.6 Å². The van der Waals surface area contributed by atoms with Gasteiger partial charge in [-0.15, -0.1) is 11.6 Å². The smallest absolute Gasteiger partial charge is 0.251 e. The molecule has 0 fully saturated rings. The summed E-state index contributed by atoms with van der Waals surface area (Å²) in [5.74, 6) is 0.461. The average molecular weight is 482 g/mol. The Morgan fingerprint density at radius 2 is 1.29 bits per heavy atom. The highest BCUT2D eigenvalue weighted by Crippen LogP contribution is 2.42. The number of rotatable bonds is 9. The highest BCUT2D eigenvalue weighted by atomic mass is 35.5. The van der Waals surface area contributed by atoms with Crippen LogP contribution in [0.2, 0.25) is 0 Å². The molecule has 4 aromatic rings. The molecular weight excluding hydrogens is 450 g/mol. The summed E-state index contributed by atoms with van der Waals surface area (Å²) in [6.45, 7) is 4.97. The van der Waals surface area contributed by atoms with Crippen molar-refractivity contribution >= 4 is 17.5 Å². The van der Waals surface area contributed by atoms with E-state index in [1.54, 1.807) is 0 Å². The first-order chi connectivity index (χ1) is 17.0. The third kappa shape index (κ3) is 5.66. The molecule has 0 heterocycles. The van der Waals surface area contributed by atoms with Crippen molar-refractivity contribution in [1.29, 1.82) is 0 Å². The number of amides is 1. The first kappa shape index (κ1) is 24.8. The molecule has 0 aromatic heterocycles. The topological polar surface area (TPSA) is 29.1 Å². The van der Waals surface area contributed by atoms with Crippen molar-refractivity contribution in [2.45, 2.75) is 44.0 Å². The maximum Gasteiger partial charge on any atom is 0.251 e. The maximum atomic E-state index is 12.8. The van der Waals surface area contributed by atoms with Crippen molar-refractivity contribution in [2.24, 2.45) is 0 Å². The molecule has 0 saturated carbocycles. The summed E-state index contributed by atoms with van der Waals surface area (Å²) in [6, 6.07) is 36.2. The van der Waals surface area contributed by atoms with Crippen LogP contribution in [0.1, 0.15) is 70.8 Å². The number of carbonyl (C=O) groups excluding carboxylic acids is 1. The number of alkyl halides is 1. The molecule has 4 rings (SSSR count). The molecule has 2 nitrogen and oxygen atoms in total. The number of hydrogen-bond acceptors (Lipinski definition) is 1. The predicted molar refractivity (Wildman–Crippen MR) is 146 cm³/mol. The van der Waals surface area contributed by atoms with Crippen LogP contribution in [0.5, 0.6) is 0 Å². The lowest BCUT2D eigenvalue weighted by atomic mass is 9.84. The fraction of sp³-hybridized carbons (Fsp3) is 0.219. The minimum absolute atomic E-state index is 0.0976. The Bertz CT molecular complexity index is 1180. The fourth-order valence-corrected chi connectivity index (χ4v) is 4.91. The van der Waals surface area contributed by atoms with Gasteiger partial charge in [-0.05, 0) is 52.3 Å². The number of halogens is 1. The van der Waals surface area contributed by atoms with Gasteiger partial charge in [0.15, 0.2) is 0 Å². The van der Waals surface area contributed by atoms with E-state index in [2.05, 4.69) is 43.4 Å². The molecule has 1 atom stereocenters. The van der Waals surface area contributed by atoms with Crippen LogP contribution in [-0.4, -0.2) is 5.91 Å². The lowest BCUT2D eigenvalue weighted by molar-refractivity contribution is 0.0951. The van der Waals surface area contributed by atoms with Gasteiger partial charge in [-0.25, -0.2) is 0 Å². The van der Waals surface area contributed by atoms with E-state index in [1.165, 1.54) is 18.4 Å². The Morgan fingerprint density at radius 1 is 0.771 bits per heavy atom. The zero-order chi connectivity index (χ0) is 24.7. The van der Waals surface area contributed by atoms with Gasteiger partial charge in [0.2, 0.25) is 0 Å². The second-order valence-corrected chi connectivity index (χ2v) is 9.65. The number of carbonyl (C=O) groups is 1. The van der Waals surface area contributed by atoms with E-state index >= 15 is 0 Å². The van der Waals surface area contributed by atoms with Gasteiger partial charge in [0.25, 0.3) is 5.91 Å². The summed E-state index contributed by atoms with van der Waals surface area (Å²) in [5.41, 5.74) is 5.95. The SMILES string of the molecule is CCCC(C)c1ccc(CNC(=O)c2ccc(C(Cl)(c3ccccc3)c3ccccc3)cc2)cc1. The van der Waals surface area contributed by atoms with Gasteiger partial charge in [-0.3, -0.25) is 4.79 Å². The van der Waals surface area contributed by atoms with Crippen LogP contribution in [0.15, 0.2) is 109 Å². The summed E-state index contributed by atoms with van der Waals surface area (Å²) in [5, 5.41) is 3.04. The molecule has 4 aromatic carbocycles. The van der Waals surface area contributed by atoms with Crippen LogP contribution in [0.4, 0.5) is 0 Å². The lowest BCUT2D eigenvalue weighted by Gasteiger charge is -2.29. The van der Waals surface area contributed by atoms with Crippen molar-refractivity contribution < 1.29 is 4.79 Å². The Balaban J connectivity index is 1.49. The fourth-order valence-electron chi connectivity index (χ4n) is 4.53. The zero-order valence-electron chi connectivity index (χ0n) is 20.4. The van der Waals surface area contributed by atoms with Crippen LogP contribution in [0.25, 0.3) is 0 Å². The van der Waals surface area contributed by atoms with Gasteiger partial charge in [-0.1, -0.05) is 117 Å². The summed E-state index contributed by atoms with van der Waals surface area (Å²) in [4.78, 5) is 12.0. The van der Waals surface area contributed by atoms with Gasteiger partial charge in [0, 0.05) is 12.1 Å². The van der Waals surface area contributed by atoms with E-state index < -0.39 is 4.87 Å². The molecule has 0 saturated heterocycles. The zero-order valence-corrected chi connectivity index (χ0v) is 21.1. The predicted octanol–water partition coefficient (Wildman–Crippen LogP) is 8.05. The van der Waals surface area contributed by atoms with Gasteiger partial charge in [0.1, 0.15) is 4.87 Å². The molecule has 35 heavy (non-hydrogen) atoms. The molecule has 0 bridgehead atoms. The molecular formula is C32H32ClNO. The molecule has 3 heteroatoms. The molecule has 1 N–H and O–H groups in total. The van der Waals surface area contributed by atoms with Gasteiger partial charge in [0.05, 0.1) is 0 Å². The van der Waals surface area contributed by atoms with E-state index in [-0.39, 0.29) is 5.91 Å². The Hall–Kier alpha value is -3.36. The molecule has 0 aliphatic heterocycles. The van der Waals surface area contributed by atoms with Crippen molar-refractivity contribution in [3.05, 3.63) is 143 Å². The average Bonchev–Trinajstić information content (AvgIpc) is 2.92. The summed E-state index contributed by atoms with van der Waals surface area (Å²) < 4.78 is 0. The number of nitrogens with one attached hydrogen (secondary N) is 1. The summed E-state index contributed by atoms with van der Waals surface area (Å²) in [6.07, 6.45) is 2.36. The maximum absolute atomic E-state index is 12.8. The summed E-state index contributed by atoms with van der Waals surface area (Å²) in [7, 11) is 0. The third-order valence-corrected chi connectivity index (χ3v) is 7.27. The Morgan fingerprint density at radius 3 is 1.80 bits per heavy atom. The molecule has 178 valence electrons. The van der Waals surface area contributed by atoms with Crippen molar-refractivity contribution in [3.63, 3.8) is 0 Å². The molecule has 0 aliphatic carbocycles. The first-order valence-corrected chi connectivity index (χ1v) is 12.7. The van der Waals surface area contributed by atoms with E-state index in [4.69, 9.17) is 11.6 Å². The highest BCUT2D eigenvalue weighted by Gasteiger charge is 2.33. The minimum atomic E-state index is -0.839. The minimum Gasteiger partial charge on any atom is -0.348 e. The summed E-state index contributed by atoms with van der Waals surface area (Å²) >= 11 is 7.34. The quantitative estimate of drug-likeness (QED) is 0.190. The van der Waals surface area contributed by atoms with Gasteiger partial charge >= 0.3 is 0 Å². The molecule has 0 spiro atoms. The van der Waals surface area contributed by atoms with Crippen LogP contribution in [-0.2, 0) is 11.4 Å². The second-order valence-electron chi connectivity index (χ2n) is 9.08. The third-order valence-electron chi connectivity index (χ3n) is 6.61. The monoisotopic (exact) mass is 481 g/mol. The van der Waals surface area contributed by atoms with E-state index in [0.29, 0.717) is 18.0 Å². The van der Waals surface area contributed by atoms with Crippen LogP contribution < -0.4 is 5.32 Å². The second kappa shape index (κ2) is 11.4. The Labute approximate surface area is 214 Å². The highest BCUT2D eigenvalue weighted by molar-refractivity contribution is 6.28. The first-order valence-electron chi connectivity index (χ1n) is 12.3. The van der Waals surface area contributed by atoms with E-state index in [9.17, 15) is 4.79 Å².